The molecule has 1 aromatic rings. The minimum atomic E-state index is -0.504. The fourth-order valence-corrected chi connectivity index (χ4v) is 3.00. The molecule has 2 rings (SSSR count). The number of hydrogen-bond acceptors (Lipinski definition) is 4. The lowest BCUT2D eigenvalue weighted by Crippen LogP contribution is -2.48. The molecule has 7 nitrogen and oxygen atoms in total. The number of ether oxygens (including phenoxy) is 1. The zero-order valence-corrected chi connectivity index (χ0v) is 16.1. The molecular weight excluding hydrogens is 334 g/mol. The molecule has 144 valence electrons. The van der Waals surface area contributed by atoms with Crippen LogP contribution in [-0.2, 0) is 16.1 Å². The first-order valence-electron chi connectivity index (χ1n) is 9.06. The van der Waals surface area contributed by atoms with Crippen molar-refractivity contribution in [2.45, 2.75) is 58.2 Å². The number of pyridine rings is 1. The lowest BCUT2D eigenvalue weighted by Gasteiger charge is -2.37. The molecular formula is C19H29N3O4. The summed E-state index contributed by atoms with van der Waals surface area (Å²) in [5.74, 6) is 0.0106. The van der Waals surface area contributed by atoms with E-state index in [2.05, 4.69) is 0 Å². The van der Waals surface area contributed by atoms with Gasteiger partial charge in [0.25, 0.3) is 5.56 Å². The molecule has 1 aliphatic rings. The molecule has 0 aliphatic carbocycles. The van der Waals surface area contributed by atoms with Crippen molar-refractivity contribution in [1.82, 2.24) is 14.4 Å². The lowest BCUT2D eigenvalue weighted by atomic mass is 10.0. The van der Waals surface area contributed by atoms with E-state index in [0.29, 0.717) is 19.6 Å². The molecule has 0 unspecified atom stereocenters. The average Bonchev–Trinajstić information content (AvgIpc) is 2.59. The molecule has 1 aromatic heterocycles. The molecule has 0 spiro atoms. The summed E-state index contributed by atoms with van der Waals surface area (Å²) in [4.78, 5) is 39.7. The highest BCUT2D eigenvalue weighted by Gasteiger charge is 2.29. The van der Waals surface area contributed by atoms with Crippen LogP contribution in [0.15, 0.2) is 29.2 Å². The number of carbonyl (C=O) groups is 2. The van der Waals surface area contributed by atoms with E-state index in [1.165, 1.54) is 10.6 Å². The summed E-state index contributed by atoms with van der Waals surface area (Å²) in [7, 11) is 1.80. The summed E-state index contributed by atoms with van der Waals surface area (Å²) < 4.78 is 6.93. The summed E-state index contributed by atoms with van der Waals surface area (Å²) in [6.45, 7) is 7.08. The third-order valence-electron chi connectivity index (χ3n) is 4.52. The van der Waals surface area contributed by atoms with Crippen molar-refractivity contribution in [3.8, 4) is 0 Å². The Balaban J connectivity index is 1.81. The van der Waals surface area contributed by atoms with Crippen molar-refractivity contribution in [3.63, 3.8) is 0 Å². The molecule has 0 atom stereocenters. The van der Waals surface area contributed by atoms with Gasteiger partial charge in [-0.05, 0) is 39.7 Å². The molecule has 1 fully saturated rings. The van der Waals surface area contributed by atoms with Crippen molar-refractivity contribution in [1.29, 1.82) is 0 Å². The summed E-state index contributed by atoms with van der Waals surface area (Å²) >= 11 is 0. The van der Waals surface area contributed by atoms with E-state index in [-0.39, 0.29) is 30.0 Å². The van der Waals surface area contributed by atoms with Gasteiger partial charge in [-0.3, -0.25) is 9.59 Å². The summed E-state index contributed by atoms with van der Waals surface area (Å²) in [6, 6.07) is 5.06. The van der Waals surface area contributed by atoms with Gasteiger partial charge in [-0.2, -0.15) is 0 Å². The van der Waals surface area contributed by atoms with E-state index < -0.39 is 5.60 Å². The standard InChI is InChI=1S/C19H29N3O4/c1-19(2,3)26-18(25)22-12-8-15(9-13-22)20(4)16(23)10-14-21-11-6-5-7-17(21)24/h5-7,11,15H,8-10,12-14H2,1-4H3. The topological polar surface area (TPSA) is 71.9 Å². The minimum absolute atomic E-state index is 0.0106. The second-order valence-corrected chi connectivity index (χ2v) is 7.69. The van der Waals surface area contributed by atoms with Crippen LogP contribution in [0.3, 0.4) is 0 Å². The number of nitrogens with zero attached hydrogens (tertiary/aromatic N) is 3. The van der Waals surface area contributed by atoms with Crippen LogP contribution >= 0.6 is 0 Å². The number of rotatable bonds is 4. The Morgan fingerprint density at radius 1 is 1.23 bits per heavy atom. The van der Waals surface area contributed by atoms with Gasteiger partial charge < -0.3 is 19.1 Å². The zero-order chi connectivity index (χ0) is 19.3. The third kappa shape index (κ3) is 5.61. The average molecular weight is 363 g/mol. The van der Waals surface area contributed by atoms with Crippen molar-refractivity contribution in [2.75, 3.05) is 20.1 Å². The maximum atomic E-state index is 12.4. The van der Waals surface area contributed by atoms with Gasteiger partial charge in [0.2, 0.25) is 5.91 Å². The first-order valence-corrected chi connectivity index (χ1v) is 9.06. The first-order chi connectivity index (χ1) is 12.2. The molecule has 1 saturated heterocycles. The van der Waals surface area contributed by atoms with Crippen molar-refractivity contribution >= 4 is 12.0 Å². The Hall–Kier alpha value is -2.31. The van der Waals surface area contributed by atoms with Crippen molar-refractivity contribution < 1.29 is 14.3 Å². The maximum Gasteiger partial charge on any atom is 0.410 e. The zero-order valence-electron chi connectivity index (χ0n) is 16.1. The molecule has 0 N–H and O–H groups in total. The largest absolute Gasteiger partial charge is 0.444 e. The molecule has 1 aliphatic heterocycles. The van der Waals surface area contributed by atoms with Crippen LogP contribution in [0.2, 0.25) is 0 Å². The highest BCUT2D eigenvalue weighted by Crippen LogP contribution is 2.19. The number of likely N-dealkylation sites (tertiary alicyclic amines) is 1. The Bertz CT molecular complexity index is 685. The van der Waals surface area contributed by atoms with E-state index in [1.807, 2.05) is 20.8 Å². The van der Waals surface area contributed by atoms with E-state index in [4.69, 9.17) is 4.74 Å². The van der Waals surface area contributed by atoms with Crippen LogP contribution in [0.5, 0.6) is 0 Å². The van der Waals surface area contributed by atoms with Gasteiger partial charge in [0.05, 0.1) is 0 Å². The minimum Gasteiger partial charge on any atom is -0.444 e. The summed E-state index contributed by atoms with van der Waals surface area (Å²) in [5.41, 5.74) is -0.607. The van der Waals surface area contributed by atoms with Crippen LogP contribution in [0, 0.1) is 0 Å². The number of aromatic nitrogens is 1. The molecule has 2 amide bonds. The Kier molecular flexibility index (Phi) is 6.45. The number of carbonyl (C=O) groups excluding carboxylic acids is 2. The van der Waals surface area contributed by atoms with E-state index in [1.54, 1.807) is 35.2 Å². The van der Waals surface area contributed by atoms with Crippen molar-refractivity contribution in [2.24, 2.45) is 0 Å². The normalized spacial score (nSPS) is 15.6. The van der Waals surface area contributed by atoms with Gasteiger partial charge in [0.15, 0.2) is 0 Å². The van der Waals surface area contributed by atoms with Gasteiger partial charge in [-0.1, -0.05) is 6.07 Å². The second kappa shape index (κ2) is 8.38. The summed E-state index contributed by atoms with van der Waals surface area (Å²) in [5, 5.41) is 0. The van der Waals surface area contributed by atoms with Crippen LogP contribution in [0.4, 0.5) is 4.79 Å². The van der Waals surface area contributed by atoms with Crippen LogP contribution in [0.1, 0.15) is 40.0 Å². The maximum absolute atomic E-state index is 12.4. The quantitative estimate of drug-likeness (QED) is 0.821. The Morgan fingerprint density at radius 2 is 1.88 bits per heavy atom. The molecule has 2 heterocycles. The molecule has 0 aromatic carbocycles. The number of hydrogen-bond donors (Lipinski definition) is 0. The van der Waals surface area contributed by atoms with E-state index in [0.717, 1.165) is 12.8 Å². The van der Waals surface area contributed by atoms with Gasteiger partial charge in [-0.25, -0.2) is 4.79 Å². The molecule has 26 heavy (non-hydrogen) atoms. The Morgan fingerprint density at radius 3 is 2.46 bits per heavy atom. The number of aryl methyl sites for hydroxylation is 1. The monoisotopic (exact) mass is 363 g/mol. The second-order valence-electron chi connectivity index (χ2n) is 7.69. The molecule has 0 saturated carbocycles. The van der Waals surface area contributed by atoms with Crippen molar-refractivity contribution in [3.05, 3.63) is 34.7 Å². The Labute approximate surface area is 154 Å². The SMILES string of the molecule is CN(C(=O)CCn1ccccc1=O)C1CCN(C(=O)OC(C)(C)C)CC1. The predicted molar refractivity (Wildman–Crippen MR) is 98.9 cm³/mol. The molecule has 0 radical (unpaired) electrons. The van der Waals surface area contributed by atoms with Crippen LogP contribution < -0.4 is 5.56 Å². The highest BCUT2D eigenvalue weighted by atomic mass is 16.6. The van der Waals surface area contributed by atoms with E-state index in [9.17, 15) is 14.4 Å². The van der Waals surface area contributed by atoms with Crippen LogP contribution in [-0.4, -0.2) is 58.1 Å². The number of piperidine rings is 1. The lowest BCUT2D eigenvalue weighted by molar-refractivity contribution is -0.133. The van der Waals surface area contributed by atoms with Gasteiger partial charge in [0, 0.05) is 51.4 Å². The third-order valence-corrected chi connectivity index (χ3v) is 4.52. The van der Waals surface area contributed by atoms with E-state index >= 15 is 0 Å². The fourth-order valence-electron chi connectivity index (χ4n) is 3.00. The van der Waals surface area contributed by atoms with Gasteiger partial charge >= 0.3 is 6.09 Å². The van der Waals surface area contributed by atoms with Crippen LogP contribution in [0.25, 0.3) is 0 Å². The molecule has 7 heteroatoms. The van der Waals surface area contributed by atoms with Gasteiger partial charge in [0.1, 0.15) is 5.60 Å². The molecule has 0 bridgehead atoms. The predicted octanol–water partition coefficient (Wildman–Crippen LogP) is 2.10. The smallest absolute Gasteiger partial charge is 0.410 e. The highest BCUT2D eigenvalue weighted by molar-refractivity contribution is 5.76. The summed E-state index contributed by atoms with van der Waals surface area (Å²) in [6.07, 6.45) is 3.13. The fraction of sp³-hybridized carbons (Fsp3) is 0.632. The number of amides is 2. The first kappa shape index (κ1) is 20.0. The van der Waals surface area contributed by atoms with Gasteiger partial charge in [-0.15, -0.1) is 0 Å².